The minimum Gasteiger partial charge on any atom is -0.348 e. The molecule has 1 aromatic heterocycles. The summed E-state index contributed by atoms with van der Waals surface area (Å²) in [5.41, 5.74) is 1.73. The van der Waals surface area contributed by atoms with Crippen molar-refractivity contribution in [3.63, 3.8) is 0 Å². The van der Waals surface area contributed by atoms with Gasteiger partial charge < -0.3 is 10.6 Å². The Bertz CT molecular complexity index is 736. The first-order chi connectivity index (χ1) is 11.4. The monoisotopic (exact) mass is 406 g/mol. The van der Waals surface area contributed by atoms with E-state index in [9.17, 15) is 9.59 Å². The van der Waals surface area contributed by atoms with Crippen LogP contribution in [0, 0.1) is 5.92 Å². The van der Waals surface area contributed by atoms with Crippen molar-refractivity contribution in [1.29, 1.82) is 0 Å². The van der Waals surface area contributed by atoms with Gasteiger partial charge in [0.1, 0.15) is 0 Å². The molecule has 2 N–H and O–H groups in total. The topological polar surface area (TPSA) is 58.2 Å². The molecule has 0 unspecified atom stereocenters. The van der Waals surface area contributed by atoms with Crippen LogP contribution in [-0.4, -0.2) is 11.8 Å². The second-order valence-corrected chi connectivity index (χ2v) is 8.03. The van der Waals surface area contributed by atoms with Gasteiger partial charge in [0.05, 0.1) is 3.79 Å². The van der Waals surface area contributed by atoms with E-state index in [4.69, 9.17) is 0 Å². The molecule has 0 aliphatic carbocycles. The highest BCUT2D eigenvalue weighted by Gasteiger charge is 2.06. The van der Waals surface area contributed by atoms with Crippen LogP contribution < -0.4 is 10.6 Å². The van der Waals surface area contributed by atoms with Crippen LogP contribution in [0.3, 0.4) is 0 Å². The average molecular weight is 407 g/mol. The lowest BCUT2D eigenvalue weighted by molar-refractivity contribution is -0.119. The number of halogens is 1. The van der Waals surface area contributed by atoms with Crippen molar-refractivity contribution in [2.75, 3.05) is 5.32 Å². The fourth-order valence-electron chi connectivity index (χ4n) is 1.82. The van der Waals surface area contributed by atoms with Gasteiger partial charge in [0.15, 0.2) is 0 Å². The third-order valence-corrected chi connectivity index (χ3v) is 4.79. The molecule has 0 aliphatic heterocycles. The molecule has 0 radical (unpaired) electrons. The van der Waals surface area contributed by atoms with E-state index in [1.807, 2.05) is 50.2 Å². The molecule has 2 amide bonds. The predicted molar refractivity (Wildman–Crippen MR) is 103 cm³/mol. The van der Waals surface area contributed by atoms with Crippen LogP contribution >= 0.6 is 27.3 Å². The molecule has 2 rings (SSSR count). The summed E-state index contributed by atoms with van der Waals surface area (Å²) < 4.78 is 1.03. The van der Waals surface area contributed by atoms with Crippen LogP contribution in [0.25, 0.3) is 6.08 Å². The zero-order valence-corrected chi connectivity index (χ0v) is 15.9. The Kier molecular flexibility index (Phi) is 6.75. The maximum absolute atomic E-state index is 11.8. The normalized spacial score (nSPS) is 11.0. The number of nitrogens with one attached hydrogen (secondary N) is 2. The molecule has 0 bridgehead atoms. The van der Waals surface area contributed by atoms with Gasteiger partial charge >= 0.3 is 0 Å². The van der Waals surface area contributed by atoms with Crippen molar-refractivity contribution < 1.29 is 9.59 Å². The third-order valence-electron chi connectivity index (χ3n) is 3.21. The van der Waals surface area contributed by atoms with Crippen molar-refractivity contribution in [3.8, 4) is 0 Å². The van der Waals surface area contributed by atoms with E-state index in [1.54, 1.807) is 17.4 Å². The van der Waals surface area contributed by atoms with Crippen molar-refractivity contribution in [3.05, 3.63) is 56.7 Å². The van der Waals surface area contributed by atoms with E-state index < -0.39 is 0 Å². The standard InChI is InChI=1S/C18H19BrN2O2S/c1-12(2)18(23)21-14-5-3-13(4-6-14)11-20-17(22)10-8-15-7-9-16(19)24-15/h3-10,12H,11H2,1-2H3,(H,20,22)(H,21,23)/b10-8+. The molecule has 1 aromatic carbocycles. The SMILES string of the molecule is CC(C)C(=O)Nc1ccc(CNC(=O)/C=C/c2ccc(Br)s2)cc1. The highest BCUT2D eigenvalue weighted by molar-refractivity contribution is 9.11. The van der Waals surface area contributed by atoms with Gasteiger partial charge in [-0.1, -0.05) is 26.0 Å². The van der Waals surface area contributed by atoms with Gasteiger partial charge in [-0.25, -0.2) is 0 Å². The number of hydrogen-bond donors (Lipinski definition) is 2. The van der Waals surface area contributed by atoms with Crippen LogP contribution in [0.4, 0.5) is 5.69 Å². The quantitative estimate of drug-likeness (QED) is 0.696. The molecule has 0 atom stereocenters. The Balaban J connectivity index is 1.82. The zero-order chi connectivity index (χ0) is 17.5. The molecule has 24 heavy (non-hydrogen) atoms. The van der Waals surface area contributed by atoms with Crippen molar-refractivity contribution in [1.82, 2.24) is 5.32 Å². The summed E-state index contributed by atoms with van der Waals surface area (Å²) in [6, 6.07) is 11.3. The van der Waals surface area contributed by atoms with Crippen LogP contribution in [0.15, 0.2) is 46.3 Å². The number of anilines is 1. The fourth-order valence-corrected chi connectivity index (χ4v) is 3.14. The molecule has 0 saturated carbocycles. The highest BCUT2D eigenvalue weighted by atomic mass is 79.9. The second kappa shape index (κ2) is 8.80. The molecule has 4 nitrogen and oxygen atoms in total. The number of benzene rings is 1. The second-order valence-electron chi connectivity index (χ2n) is 5.53. The van der Waals surface area contributed by atoms with Gasteiger partial charge in [0, 0.05) is 29.1 Å². The summed E-state index contributed by atoms with van der Waals surface area (Å²) in [6.07, 6.45) is 3.31. The summed E-state index contributed by atoms with van der Waals surface area (Å²) in [4.78, 5) is 24.5. The molecule has 6 heteroatoms. The Morgan fingerprint density at radius 3 is 2.46 bits per heavy atom. The minimum absolute atomic E-state index is 0.0126. The van der Waals surface area contributed by atoms with Crippen molar-refractivity contribution in [2.24, 2.45) is 5.92 Å². The predicted octanol–water partition coefficient (Wildman–Crippen LogP) is 4.43. The number of hydrogen-bond acceptors (Lipinski definition) is 3. The molecule has 0 saturated heterocycles. The maximum atomic E-state index is 11.8. The lowest BCUT2D eigenvalue weighted by atomic mass is 10.1. The van der Waals surface area contributed by atoms with Crippen molar-refractivity contribution >= 4 is 50.8 Å². The highest BCUT2D eigenvalue weighted by Crippen LogP contribution is 2.22. The zero-order valence-electron chi connectivity index (χ0n) is 13.5. The Morgan fingerprint density at radius 2 is 1.88 bits per heavy atom. The molecule has 0 fully saturated rings. The molecular formula is C18H19BrN2O2S. The molecule has 1 heterocycles. The first-order valence-corrected chi connectivity index (χ1v) is 9.16. The van der Waals surface area contributed by atoms with Gasteiger partial charge in [0.25, 0.3) is 0 Å². The molecule has 126 valence electrons. The molecule has 2 aromatic rings. The van der Waals surface area contributed by atoms with Gasteiger partial charge in [-0.3, -0.25) is 9.59 Å². The lowest BCUT2D eigenvalue weighted by Crippen LogP contribution is -2.20. The van der Waals surface area contributed by atoms with Crippen LogP contribution in [0.5, 0.6) is 0 Å². The van der Waals surface area contributed by atoms with Crippen molar-refractivity contribution in [2.45, 2.75) is 20.4 Å². The third kappa shape index (κ3) is 5.94. The van der Waals surface area contributed by atoms with Crippen LogP contribution in [0.1, 0.15) is 24.3 Å². The Hall–Kier alpha value is -1.92. The number of amides is 2. The lowest BCUT2D eigenvalue weighted by Gasteiger charge is -2.08. The van der Waals surface area contributed by atoms with E-state index in [-0.39, 0.29) is 17.7 Å². The summed E-state index contributed by atoms with van der Waals surface area (Å²) in [7, 11) is 0. The first-order valence-electron chi connectivity index (χ1n) is 7.55. The molecular weight excluding hydrogens is 388 g/mol. The molecule has 0 spiro atoms. The summed E-state index contributed by atoms with van der Waals surface area (Å²) in [5, 5.41) is 5.67. The van der Waals surface area contributed by atoms with E-state index >= 15 is 0 Å². The summed E-state index contributed by atoms with van der Waals surface area (Å²) in [5.74, 6) is -0.210. The van der Waals surface area contributed by atoms with Gasteiger partial charge in [-0.15, -0.1) is 11.3 Å². The fraction of sp³-hybridized carbons (Fsp3) is 0.222. The average Bonchev–Trinajstić information content (AvgIpc) is 2.97. The Morgan fingerprint density at radius 1 is 1.17 bits per heavy atom. The van der Waals surface area contributed by atoms with Crippen LogP contribution in [0.2, 0.25) is 0 Å². The van der Waals surface area contributed by atoms with E-state index in [2.05, 4.69) is 26.6 Å². The number of rotatable bonds is 6. The number of carbonyl (C=O) groups is 2. The Labute approximate surface area is 154 Å². The number of thiophene rings is 1. The van der Waals surface area contributed by atoms with E-state index in [0.29, 0.717) is 6.54 Å². The van der Waals surface area contributed by atoms with E-state index in [1.165, 1.54) is 6.08 Å². The number of carbonyl (C=O) groups excluding carboxylic acids is 2. The van der Waals surface area contributed by atoms with Gasteiger partial charge in [0.2, 0.25) is 11.8 Å². The largest absolute Gasteiger partial charge is 0.348 e. The summed E-state index contributed by atoms with van der Waals surface area (Å²) in [6.45, 7) is 4.14. The van der Waals surface area contributed by atoms with E-state index in [0.717, 1.165) is 19.9 Å². The smallest absolute Gasteiger partial charge is 0.244 e. The van der Waals surface area contributed by atoms with Gasteiger partial charge in [-0.05, 0) is 51.8 Å². The minimum atomic E-state index is -0.142. The van der Waals surface area contributed by atoms with Gasteiger partial charge in [-0.2, -0.15) is 0 Å². The first kappa shape index (κ1) is 18.4. The summed E-state index contributed by atoms with van der Waals surface area (Å²) >= 11 is 4.95. The van der Waals surface area contributed by atoms with Crippen LogP contribution in [-0.2, 0) is 16.1 Å². The maximum Gasteiger partial charge on any atom is 0.244 e. The molecule has 0 aliphatic rings.